The quantitative estimate of drug-likeness (QED) is 0.893. The van der Waals surface area contributed by atoms with Gasteiger partial charge in [-0.15, -0.1) is 0 Å². The summed E-state index contributed by atoms with van der Waals surface area (Å²) in [6.07, 6.45) is 0.238. The third kappa shape index (κ3) is 4.32. The Morgan fingerprint density at radius 2 is 2.04 bits per heavy atom. The van der Waals surface area contributed by atoms with E-state index < -0.39 is 6.10 Å². The van der Waals surface area contributed by atoms with Crippen molar-refractivity contribution in [3.63, 3.8) is 0 Å². The van der Waals surface area contributed by atoms with Crippen LogP contribution >= 0.6 is 0 Å². The maximum Gasteiger partial charge on any atom is 0.317 e. The Bertz CT molecular complexity index is 753. The second-order valence-electron chi connectivity index (χ2n) is 6.12. The summed E-state index contributed by atoms with van der Waals surface area (Å²) in [4.78, 5) is 14.1. The third-order valence-electron chi connectivity index (χ3n) is 4.47. The lowest BCUT2D eigenvalue weighted by Gasteiger charge is -2.33. The van der Waals surface area contributed by atoms with Gasteiger partial charge in [-0.2, -0.15) is 0 Å². The van der Waals surface area contributed by atoms with Gasteiger partial charge < -0.3 is 19.7 Å². The minimum Gasteiger partial charge on any atom is -0.496 e. The fraction of sp³-hybridized carbons (Fsp3) is 0.350. The summed E-state index contributed by atoms with van der Waals surface area (Å²) in [6.45, 7) is 1.72. The highest BCUT2D eigenvalue weighted by molar-refractivity contribution is 5.74. The maximum absolute atomic E-state index is 14.0. The van der Waals surface area contributed by atoms with Gasteiger partial charge in [0.25, 0.3) is 0 Å². The molecule has 0 radical (unpaired) electrons. The molecular weight excluding hydrogens is 335 g/mol. The molecule has 1 unspecified atom stereocenters. The number of amides is 2. The van der Waals surface area contributed by atoms with Crippen molar-refractivity contribution in [3.8, 4) is 5.75 Å². The van der Waals surface area contributed by atoms with E-state index in [1.807, 2.05) is 24.3 Å². The van der Waals surface area contributed by atoms with Crippen LogP contribution in [0.4, 0.5) is 9.18 Å². The summed E-state index contributed by atoms with van der Waals surface area (Å²) in [7, 11) is 1.63. The number of hydrogen-bond acceptors (Lipinski definition) is 3. The zero-order valence-corrected chi connectivity index (χ0v) is 14.8. The van der Waals surface area contributed by atoms with Crippen LogP contribution in [-0.4, -0.2) is 44.3 Å². The number of nitrogens with one attached hydrogen (secondary N) is 1. The normalized spacial score (nSPS) is 17.0. The van der Waals surface area contributed by atoms with E-state index in [9.17, 15) is 9.18 Å². The number of para-hydroxylation sites is 1. The standard InChI is InChI=1S/C20H23FN2O3/c1-25-18-9-5-2-6-15(18)10-11-22-20(24)23-12-13-26-19(14-23)16-7-3-4-8-17(16)21/h2-9,19H,10-14H2,1H3,(H,22,24). The highest BCUT2D eigenvalue weighted by atomic mass is 19.1. The molecule has 1 N–H and O–H groups in total. The number of morpholine rings is 1. The molecule has 5 nitrogen and oxygen atoms in total. The average molecular weight is 358 g/mol. The fourth-order valence-electron chi connectivity index (χ4n) is 3.08. The van der Waals surface area contributed by atoms with Gasteiger partial charge in [-0.05, 0) is 24.1 Å². The fourth-order valence-corrected chi connectivity index (χ4v) is 3.08. The van der Waals surface area contributed by atoms with E-state index in [2.05, 4.69) is 5.32 Å². The van der Waals surface area contributed by atoms with Gasteiger partial charge in [-0.3, -0.25) is 0 Å². The van der Waals surface area contributed by atoms with Crippen LogP contribution in [0.2, 0.25) is 0 Å². The van der Waals surface area contributed by atoms with Gasteiger partial charge in [0.15, 0.2) is 0 Å². The summed E-state index contributed by atoms with van der Waals surface area (Å²) in [5.41, 5.74) is 1.53. The molecule has 1 atom stereocenters. The van der Waals surface area contributed by atoms with Gasteiger partial charge in [0.1, 0.15) is 17.7 Å². The molecule has 2 aromatic carbocycles. The molecular formula is C20H23FN2O3. The van der Waals surface area contributed by atoms with Crippen LogP contribution < -0.4 is 10.1 Å². The van der Waals surface area contributed by atoms with E-state index in [-0.39, 0.29) is 11.8 Å². The Morgan fingerprint density at radius 3 is 2.85 bits per heavy atom. The van der Waals surface area contributed by atoms with Crippen molar-refractivity contribution in [2.24, 2.45) is 0 Å². The lowest BCUT2D eigenvalue weighted by molar-refractivity contribution is -0.0170. The molecule has 2 aromatic rings. The predicted molar refractivity (Wildman–Crippen MR) is 96.8 cm³/mol. The van der Waals surface area contributed by atoms with Gasteiger partial charge >= 0.3 is 6.03 Å². The zero-order chi connectivity index (χ0) is 18.4. The second kappa shape index (κ2) is 8.67. The van der Waals surface area contributed by atoms with Crippen molar-refractivity contribution in [3.05, 3.63) is 65.5 Å². The number of methoxy groups -OCH3 is 1. The SMILES string of the molecule is COc1ccccc1CCNC(=O)N1CCOC(c2ccccc2F)C1. The molecule has 0 spiro atoms. The lowest BCUT2D eigenvalue weighted by atomic mass is 10.1. The van der Waals surface area contributed by atoms with Gasteiger partial charge in [0.2, 0.25) is 0 Å². The van der Waals surface area contributed by atoms with Crippen LogP contribution in [0, 0.1) is 5.82 Å². The summed E-state index contributed by atoms with van der Waals surface area (Å²) in [5, 5.41) is 2.92. The summed E-state index contributed by atoms with van der Waals surface area (Å²) in [5.74, 6) is 0.503. The van der Waals surface area contributed by atoms with Crippen LogP contribution in [0.5, 0.6) is 5.75 Å². The molecule has 1 heterocycles. The van der Waals surface area contributed by atoms with Crippen LogP contribution in [0.15, 0.2) is 48.5 Å². The Morgan fingerprint density at radius 1 is 1.27 bits per heavy atom. The van der Waals surface area contributed by atoms with E-state index in [1.54, 1.807) is 30.2 Å². The number of rotatable bonds is 5. The van der Waals surface area contributed by atoms with Gasteiger partial charge in [0.05, 0.1) is 20.3 Å². The van der Waals surface area contributed by atoms with Crippen molar-refractivity contribution >= 4 is 6.03 Å². The molecule has 3 rings (SSSR count). The van der Waals surface area contributed by atoms with Crippen LogP contribution in [0.1, 0.15) is 17.2 Å². The van der Waals surface area contributed by atoms with Crippen molar-refractivity contribution in [1.29, 1.82) is 0 Å². The van der Waals surface area contributed by atoms with Crippen LogP contribution in [0.25, 0.3) is 0 Å². The van der Waals surface area contributed by atoms with E-state index in [0.717, 1.165) is 11.3 Å². The molecule has 26 heavy (non-hydrogen) atoms. The molecule has 1 saturated heterocycles. The lowest BCUT2D eigenvalue weighted by Crippen LogP contribution is -2.47. The topological polar surface area (TPSA) is 50.8 Å². The summed E-state index contributed by atoms with van der Waals surface area (Å²) < 4.78 is 24.9. The first-order chi connectivity index (χ1) is 12.7. The zero-order valence-electron chi connectivity index (χ0n) is 14.8. The summed E-state index contributed by atoms with van der Waals surface area (Å²) in [6, 6.07) is 14.1. The van der Waals surface area contributed by atoms with E-state index in [1.165, 1.54) is 6.07 Å². The molecule has 1 fully saturated rings. The van der Waals surface area contributed by atoms with E-state index in [0.29, 0.717) is 38.2 Å². The Balaban J connectivity index is 1.54. The van der Waals surface area contributed by atoms with Crippen molar-refractivity contribution in [1.82, 2.24) is 10.2 Å². The van der Waals surface area contributed by atoms with Gasteiger partial charge in [-0.1, -0.05) is 36.4 Å². The van der Waals surface area contributed by atoms with Crippen molar-refractivity contribution in [2.45, 2.75) is 12.5 Å². The predicted octanol–water partition coefficient (Wildman–Crippen LogP) is 3.16. The van der Waals surface area contributed by atoms with E-state index in [4.69, 9.17) is 9.47 Å². The molecule has 0 saturated carbocycles. The number of hydrogen-bond donors (Lipinski definition) is 1. The number of nitrogens with zero attached hydrogens (tertiary/aromatic N) is 1. The highest BCUT2D eigenvalue weighted by Crippen LogP contribution is 2.24. The van der Waals surface area contributed by atoms with Crippen molar-refractivity contribution < 1.29 is 18.7 Å². The molecule has 0 bridgehead atoms. The minimum absolute atomic E-state index is 0.162. The largest absolute Gasteiger partial charge is 0.496 e. The molecule has 0 aromatic heterocycles. The van der Waals surface area contributed by atoms with E-state index >= 15 is 0 Å². The average Bonchev–Trinajstić information content (AvgIpc) is 2.68. The van der Waals surface area contributed by atoms with Gasteiger partial charge in [-0.25, -0.2) is 9.18 Å². The minimum atomic E-state index is -0.440. The maximum atomic E-state index is 14.0. The molecule has 0 aliphatic carbocycles. The second-order valence-corrected chi connectivity index (χ2v) is 6.12. The number of ether oxygens (including phenoxy) is 2. The first-order valence-corrected chi connectivity index (χ1v) is 8.69. The number of halogens is 1. The molecule has 6 heteroatoms. The Labute approximate surface area is 152 Å². The highest BCUT2D eigenvalue weighted by Gasteiger charge is 2.26. The Kier molecular flexibility index (Phi) is 6.07. The Hall–Kier alpha value is -2.60. The molecule has 138 valence electrons. The number of carbonyl (C=O) groups is 1. The molecule has 2 amide bonds. The van der Waals surface area contributed by atoms with Crippen LogP contribution in [-0.2, 0) is 11.2 Å². The first kappa shape index (κ1) is 18.2. The first-order valence-electron chi connectivity index (χ1n) is 8.69. The molecule has 1 aliphatic heterocycles. The van der Waals surface area contributed by atoms with Gasteiger partial charge in [0, 0.05) is 18.7 Å². The van der Waals surface area contributed by atoms with Crippen molar-refractivity contribution in [2.75, 3.05) is 33.4 Å². The third-order valence-corrected chi connectivity index (χ3v) is 4.47. The number of carbonyl (C=O) groups excluding carboxylic acids is 1. The van der Waals surface area contributed by atoms with Crippen LogP contribution in [0.3, 0.4) is 0 Å². The molecule has 1 aliphatic rings. The monoisotopic (exact) mass is 358 g/mol. The number of urea groups is 1. The smallest absolute Gasteiger partial charge is 0.317 e. The number of benzene rings is 2. The summed E-state index contributed by atoms with van der Waals surface area (Å²) >= 11 is 0.